The summed E-state index contributed by atoms with van der Waals surface area (Å²) < 4.78 is 11.6. The van der Waals surface area contributed by atoms with Crippen molar-refractivity contribution in [3.63, 3.8) is 0 Å². The van der Waals surface area contributed by atoms with Gasteiger partial charge in [-0.1, -0.05) is 18.2 Å². The van der Waals surface area contributed by atoms with Crippen LogP contribution < -0.4 is 15.4 Å². The maximum atomic E-state index is 5.81. The minimum atomic E-state index is 0.408. The number of rotatable bonds is 5. The predicted molar refractivity (Wildman–Crippen MR) is 128 cm³/mol. The molecule has 0 aliphatic rings. The molecular formula is C24H17N5O2S. The largest absolute Gasteiger partial charge is 0.457 e. The Labute approximate surface area is 189 Å². The van der Waals surface area contributed by atoms with Crippen molar-refractivity contribution in [1.29, 1.82) is 0 Å². The van der Waals surface area contributed by atoms with Crippen molar-refractivity contribution < 1.29 is 9.15 Å². The minimum Gasteiger partial charge on any atom is -0.457 e. The van der Waals surface area contributed by atoms with E-state index in [0.717, 1.165) is 22.7 Å². The molecule has 0 saturated heterocycles. The van der Waals surface area contributed by atoms with Gasteiger partial charge in [0.25, 0.3) is 0 Å². The summed E-state index contributed by atoms with van der Waals surface area (Å²) in [6.45, 7) is 0. The molecule has 156 valence electrons. The van der Waals surface area contributed by atoms with Crippen LogP contribution in [0.5, 0.6) is 11.5 Å². The van der Waals surface area contributed by atoms with Crippen LogP contribution in [0.25, 0.3) is 22.7 Å². The van der Waals surface area contributed by atoms with E-state index < -0.39 is 0 Å². The van der Waals surface area contributed by atoms with E-state index in [2.05, 4.69) is 25.6 Å². The summed E-state index contributed by atoms with van der Waals surface area (Å²) in [7, 11) is 0. The van der Waals surface area contributed by atoms with Crippen LogP contribution in [-0.2, 0) is 0 Å². The van der Waals surface area contributed by atoms with Crippen molar-refractivity contribution in [2.45, 2.75) is 0 Å². The minimum absolute atomic E-state index is 0.408. The number of benzene rings is 2. The average molecular weight is 440 g/mol. The Kier molecular flexibility index (Phi) is 5.42. The first kappa shape index (κ1) is 19.7. The van der Waals surface area contributed by atoms with Gasteiger partial charge in [-0.05, 0) is 72.9 Å². The van der Waals surface area contributed by atoms with E-state index in [1.54, 1.807) is 18.5 Å². The molecule has 8 heteroatoms. The molecule has 0 saturated carbocycles. The lowest BCUT2D eigenvalue weighted by Gasteiger charge is -2.11. The average Bonchev–Trinajstić information content (AvgIpc) is 3.26. The molecule has 32 heavy (non-hydrogen) atoms. The van der Waals surface area contributed by atoms with E-state index in [1.165, 1.54) is 0 Å². The van der Waals surface area contributed by atoms with Crippen LogP contribution in [-0.4, -0.2) is 20.1 Å². The van der Waals surface area contributed by atoms with Crippen LogP contribution in [0.3, 0.4) is 0 Å². The zero-order valence-electron chi connectivity index (χ0n) is 16.7. The SMILES string of the molecule is S=C(Nc1ccc(Oc2ccccc2)cc1)Nc1cc(-c2nc3ncccc3o2)ccn1. The van der Waals surface area contributed by atoms with Crippen LogP contribution in [0.4, 0.5) is 11.5 Å². The molecule has 0 atom stereocenters. The Bertz CT molecular complexity index is 1340. The number of hydrogen-bond donors (Lipinski definition) is 2. The first-order valence-electron chi connectivity index (χ1n) is 9.82. The molecule has 0 unspecified atom stereocenters. The first-order valence-corrected chi connectivity index (χ1v) is 10.2. The van der Waals surface area contributed by atoms with Crippen molar-refractivity contribution in [3.8, 4) is 23.0 Å². The number of nitrogens with one attached hydrogen (secondary N) is 2. The molecular weight excluding hydrogens is 422 g/mol. The topological polar surface area (TPSA) is 85.1 Å². The number of anilines is 2. The van der Waals surface area contributed by atoms with Gasteiger partial charge in [-0.15, -0.1) is 0 Å². The van der Waals surface area contributed by atoms with E-state index in [9.17, 15) is 0 Å². The number of nitrogens with zero attached hydrogens (tertiary/aromatic N) is 3. The van der Waals surface area contributed by atoms with Gasteiger partial charge in [-0.25, -0.2) is 9.97 Å². The van der Waals surface area contributed by atoms with Gasteiger partial charge in [-0.3, -0.25) is 0 Å². The van der Waals surface area contributed by atoms with Gasteiger partial charge < -0.3 is 19.8 Å². The fraction of sp³-hybridized carbons (Fsp3) is 0. The maximum absolute atomic E-state index is 5.81. The van der Waals surface area contributed by atoms with Crippen molar-refractivity contribution in [2.75, 3.05) is 10.6 Å². The molecule has 7 nitrogen and oxygen atoms in total. The molecule has 5 rings (SSSR count). The van der Waals surface area contributed by atoms with Gasteiger partial charge in [0.1, 0.15) is 17.3 Å². The highest BCUT2D eigenvalue weighted by molar-refractivity contribution is 7.80. The predicted octanol–water partition coefficient (Wildman–Crippen LogP) is 5.89. The number of hydrogen-bond acceptors (Lipinski definition) is 6. The Morgan fingerprint density at radius 2 is 1.62 bits per heavy atom. The fourth-order valence-electron chi connectivity index (χ4n) is 3.03. The van der Waals surface area contributed by atoms with E-state index in [0.29, 0.717) is 28.1 Å². The van der Waals surface area contributed by atoms with Crippen LogP contribution in [0.1, 0.15) is 0 Å². The molecule has 0 radical (unpaired) electrons. The van der Waals surface area contributed by atoms with Gasteiger partial charge in [-0.2, -0.15) is 4.98 Å². The smallest absolute Gasteiger partial charge is 0.229 e. The molecule has 3 aromatic heterocycles. The molecule has 0 spiro atoms. The summed E-state index contributed by atoms with van der Waals surface area (Å²) in [5.41, 5.74) is 2.78. The van der Waals surface area contributed by atoms with Crippen molar-refractivity contribution in [3.05, 3.63) is 91.3 Å². The lowest BCUT2D eigenvalue weighted by atomic mass is 10.2. The quantitative estimate of drug-likeness (QED) is 0.328. The number of ether oxygens (including phenoxy) is 1. The van der Waals surface area contributed by atoms with E-state index in [1.807, 2.05) is 72.8 Å². The molecule has 0 aliphatic heterocycles. The summed E-state index contributed by atoms with van der Waals surface area (Å²) >= 11 is 5.43. The van der Waals surface area contributed by atoms with Crippen LogP contribution in [0.15, 0.2) is 95.7 Å². The highest BCUT2D eigenvalue weighted by Gasteiger charge is 2.10. The highest BCUT2D eigenvalue weighted by Crippen LogP contribution is 2.25. The second-order valence-electron chi connectivity index (χ2n) is 6.79. The Balaban J connectivity index is 1.24. The summed E-state index contributed by atoms with van der Waals surface area (Å²) in [4.78, 5) is 12.9. The van der Waals surface area contributed by atoms with Crippen molar-refractivity contribution >= 4 is 40.1 Å². The van der Waals surface area contributed by atoms with Crippen molar-refractivity contribution in [2.24, 2.45) is 0 Å². The van der Waals surface area contributed by atoms with Crippen LogP contribution in [0.2, 0.25) is 0 Å². The maximum Gasteiger partial charge on any atom is 0.229 e. The number of aromatic nitrogens is 3. The zero-order chi connectivity index (χ0) is 21.8. The molecule has 2 N–H and O–H groups in total. The number of para-hydroxylation sites is 1. The monoisotopic (exact) mass is 439 g/mol. The molecule has 0 fully saturated rings. The fourth-order valence-corrected chi connectivity index (χ4v) is 3.26. The van der Waals surface area contributed by atoms with Crippen molar-refractivity contribution in [1.82, 2.24) is 15.0 Å². The van der Waals surface area contributed by atoms with Crippen LogP contribution >= 0.6 is 12.2 Å². The lowest BCUT2D eigenvalue weighted by molar-refractivity contribution is 0.483. The third-order valence-corrected chi connectivity index (χ3v) is 4.71. The lowest BCUT2D eigenvalue weighted by Crippen LogP contribution is -2.19. The first-order chi connectivity index (χ1) is 15.7. The van der Waals surface area contributed by atoms with Crippen LogP contribution in [0, 0.1) is 0 Å². The second kappa shape index (κ2) is 8.83. The molecule has 0 aliphatic carbocycles. The number of pyridine rings is 2. The summed E-state index contributed by atoms with van der Waals surface area (Å²) in [5.74, 6) is 2.56. The summed E-state index contributed by atoms with van der Waals surface area (Å²) in [6, 6.07) is 24.4. The van der Waals surface area contributed by atoms with Gasteiger partial charge in [0.2, 0.25) is 5.89 Å². The Morgan fingerprint density at radius 3 is 2.44 bits per heavy atom. The third-order valence-electron chi connectivity index (χ3n) is 4.50. The third kappa shape index (κ3) is 4.55. The molecule has 0 bridgehead atoms. The number of thiocarbonyl (C=S) groups is 1. The molecule has 2 aromatic carbocycles. The van der Waals surface area contributed by atoms with Gasteiger partial charge in [0.15, 0.2) is 16.3 Å². The van der Waals surface area contributed by atoms with Gasteiger partial charge >= 0.3 is 0 Å². The zero-order valence-corrected chi connectivity index (χ0v) is 17.5. The Morgan fingerprint density at radius 1 is 0.812 bits per heavy atom. The van der Waals surface area contributed by atoms with E-state index in [4.69, 9.17) is 21.4 Å². The molecule has 0 amide bonds. The normalized spacial score (nSPS) is 10.6. The highest BCUT2D eigenvalue weighted by atomic mass is 32.1. The second-order valence-corrected chi connectivity index (χ2v) is 7.20. The standard InChI is InChI=1S/C24H17N5O2S/c32-24(27-17-8-10-19(11-9-17)30-18-5-2-1-3-6-18)28-21-15-16(12-14-25-21)23-29-22-20(31-23)7-4-13-26-22/h1-15H,(H2,25,27,28,32). The van der Waals surface area contributed by atoms with E-state index >= 15 is 0 Å². The summed E-state index contributed by atoms with van der Waals surface area (Å²) in [6.07, 6.45) is 3.34. The van der Waals surface area contributed by atoms with Gasteiger partial charge in [0.05, 0.1) is 0 Å². The molecule has 5 aromatic rings. The number of fused-ring (bicyclic) bond motifs is 1. The van der Waals surface area contributed by atoms with Gasteiger partial charge in [0, 0.05) is 23.6 Å². The molecule has 3 heterocycles. The summed E-state index contributed by atoms with van der Waals surface area (Å²) in [5, 5.41) is 6.63. The Hall–Kier alpha value is -4.30. The van der Waals surface area contributed by atoms with E-state index in [-0.39, 0.29) is 0 Å². The number of oxazole rings is 1.